The molecule has 7 rings (SSSR count). The van der Waals surface area contributed by atoms with Gasteiger partial charge in [0.2, 0.25) is 0 Å². The molecule has 0 saturated heterocycles. The molecule has 0 atom stereocenters. The second kappa shape index (κ2) is 4.93. The fourth-order valence-electron chi connectivity index (χ4n) is 4.90. The van der Waals surface area contributed by atoms with Gasteiger partial charge in [0.25, 0.3) is 0 Å². The van der Waals surface area contributed by atoms with E-state index in [1.807, 2.05) is 0 Å². The van der Waals surface area contributed by atoms with Gasteiger partial charge in [0, 0.05) is 43.0 Å². The van der Waals surface area contributed by atoms with Crippen LogP contribution in [0.2, 0.25) is 0 Å². The molecule has 3 aromatic carbocycles. The fourth-order valence-corrected chi connectivity index (χ4v) is 4.90. The Bertz CT molecular complexity index is 1750. The average molecular weight is 356 g/mol. The van der Waals surface area contributed by atoms with E-state index >= 15 is 0 Å². The number of fused-ring (bicyclic) bond motifs is 9. The first-order valence-electron chi connectivity index (χ1n) is 9.64. The van der Waals surface area contributed by atoms with Gasteiger partial charge in [-0.3, -0.25) is 0 Å². The van der Waals surface area contributed by atoms with Crippen molar-refractivity contribution < 1.29 is 0 Å². The quantitative estimate of drug-likeness (QED) is 0.395. The first kappa shape index (κ1) is 14.3. The lowest BCUT2D eigenvalue weighted by Crippen LogP contribution is -2.22. The Hall–Kier alpha value is -3.78. The highest BCUT2D eigenvalue weighted by Gasteiger charge is 2.17. The molecule has 130 valence electrons. The standard InChI is InChI=1S/C26H16N2/c1-2-4-12-22-16(8-3-1)20-14-21-19-11-7-10-18-17-9-5-6-13-24(17)28(26(18)19)25(21)15-23(20)27-22/h1-15,27H/b2-1?,3-1-,4-2-,8-3?,12-4?,16-8-,22-12+. The van der Waals surface area contributed by atoms with Gasteiger partial charge in [0.1, 0.15) is 0 Å². The third kappa shape index (κ3) is 1.64. The Morgan fingerprint density at radius 2 is 1.39 bits per heavy atom. The van der Waals surface area contributed by atoms with E-state index in [0.29, 0.717) is 0 Å². The van der Waals surface area contributed by atoms with Gasteiger partial charge in [-0.15, -0.1) is 0 Å². The summed E-state index contributed by atoms with van der Waals surface area (Å²) >= 11 is 0. The van der Waals surface area contributed by atoms with Gasteiger partial charge in [0.15, 0.2) is 0 Å². The summed E-state index contributed by atoms with van der Waals surface area (Å²) in [4.78, 5) is 3.63. The molecule has 1 aliphatic carbocycles. The molecule has 0 fully saturated rings. The molecule has 28 heavy (non-hydrogen) atoms. The highest BCUT2D eigenvalue weighted by atomic mass is 14.9. The lowest BCUT2D eigenvalue weighted by atomic mass is 10.1. The van der Waals surface area contributed by atoms with E-state index in [9.17, 15) is 0 Å². The monoisotopic (exact) mass is 356 g/mol. The zero-order valence-corrected chi connectivity index (χ0v) is 15.1. The summed E-state index contributed by atoms with van der Waals surface area (Å²) in [5.41, 5.74) is 5.04. The van der Waals surface area contributed by atoms with Crippen molar-refractivity contribution in [3.8, 4) is 0 Å². The van der Waals surface area contributed by atoms with Crippen LogP contribution in [-0.2, 0) is 0 Å². The molecule has 6 aromatic rings. The molecule has 0 saturated carbocycles. The van der Waals surface area contributed by atoms with Crippen molar-refractivity contribution in [1.29, 1.82) is 0 Å². The van der Waals surface area contributed by atoms with Crippen molar-refractivity contribution in [2.24, 2.45) is 0 Å². The summed E-state index contributed by atoms with van der Waals surface area (Å²) < 4.78 is 2.43. The van der Waals surface area contributed by atoms with Crippen LogP contribution in [0.15, 0.2) is 78.9 Å². The van der Waals surface area contributed by atoms with Crippen LogP contribution in [0.5, 0.6) is 0 Å². The van der Waals surface area contributed by atoms with E-state index in [1.165, 1.54) is 54.2 Å². The topological polar surface area (TPSA) is 20.2 Å². The van der Waals surface area contributed by atoms with Crippen LogP contribution in [-0.4, -0.2) is 9.38 Å². The Morgan fingerprint density at radius 3 is 2.32 bits per heavy atom. The molecule has 0 radical (unpaired) electrons. The molecule has 3 aromatic heterocycles. The number of hydrogen-bond acceptors (Lipinski definition) is 0. The van der Waals surface area contributed by atoms with Crippen molar-refractivity contribution in [3.05, 3.63) is 89.5 Å². The number of hydrogen-bond donors (Lipinski definition) is 1. The summed E-state index contributed by atoms with van der Waals surface area (Å²) in [6.45, 7) is 0. The van der Waals surface area contributed by atoms with Crippen LogP contribution in [0.4, 0.5) is 0 Å². The molecule has 1 N–H and O–H groups in total. The van der Waals surface area contributed by atoms with Gasteiger partial charge in [-0.2, -0.15) is 0 Å². The van der Waals surface area contributed by atoms with Crippen molar-refractivity contribution in [2.75, 3.05) is 0 Å². The zero-order valence-electron chi connectivity index (χ0n) is 15.1. The van der Waals surface area contributed by atoms with E-state index in [-0.39, 0.29) is 0 Å². The number of aromatic nitrogens is 2. The molecule has 0 amide bonds. The SMILES string of the molecule is C1=C\C=c2/c([nH]c3cc4c(cc23)c2cccc3c5ccccc5n4c32)=C\C=C/1. The maximum Gasteiger partial charge on any atom is 0.0620 e. The van der Waals surface area contributed by atoms with Crippen molar-refractivity contribution in [1.82, 2.24) is 9.38 Å². The summed E-state index contributed by atoms with van der Waals surface area (Å²) in [6.07, 6.45) is 12.7. The molecule has 0 unspecified atom stereocenters. The molecular formula is C26H16N2. The van der Waals surface area contributed by atoms with Crippen LogP contribution >= 0.6 is 0 Å². The summed E-state index contributed by atoms with van der Waals surface area (Å²) in [5, 5.41) is 8.98. The average Bonchev–Trinajstić information content (AvgIpc) is 3.32. The largest absolute Gasteiger partial charge is 0.354 e. The molecule has 0 spiro atoms. The number of allylic oxidation sites excluding steroid dienone is 4. The second-order valence-corrected chi connectivity index (χ2v) is 7.52. The van der Waals surface area contributed by atoms with Gasteiger partial charge >= 0.3 is 0 Å². The molecular weight excluding hydrogens is 340 g/mol. The van der Waals surface area contributed by atoms with Gasteiger partial charge in [0.05, 0.1) is 16.6 Å². The Labute approximate surface area is 160 Å². The minimum atomic E-state index is 1.16. The lowest BCUT2D eigenvalue weighted by molar-refractivity contribution is 1.35. The summed E-state index contributed by atoms with van der Waals surface area (Å²) in [7, 11) is 0. The summed E-state index contributed by atoms with van der Waals surface area (Å²) in [5.74, 6) is 0. The van der Waals surface area contributed by atoms with E-state index in [1.54, 1.807) is 0 Å². The molecule has 0 bridgehead atoms. The molecule has 2 heteroatoms. The third-order valence-electron chi connectivity index (χ3n) is 6.07. The Morgan fingerprint density at radius 1 is 0.607 bits per heavy atom. The van der Waals surface area contributed by atoms with Crippen molar-refractivity contribution >= 4 is 61.1 Å². The fraction of sp³-hybridized carbons (Fsp3) is 0. The maximum atomic E-state index is 3.63. The van der Waals surface area contributed by atoms with Crippen LogP contribution in [0.1, 0.15) is 0 Å². The van der Waals surface area contributed by atoms with Gasteiger partial charge in [-0.25, -0.2) is 0 Å². The third-order valence-corrected chi connectivity index (χ3v) is 6.07. The number of rotatable bonds is 0. The first-order valence-corrected chi connectivity index (χ1v) is 9.64. The van der Waals surface area contributed by atoms with E-state index in [4.69, 9.17) is 0 Å². The maximum absolute atomic E-state index is 3.63. The van der Waals surface area contributed by atoms with Crippen molar-refractivity contribution in [3.63, 3.8) is 0 Å². The number of nitrogens with one attached hydrogen (secondary N) is 1. The predicted molar refractivity (Wildman–Crippen MR) is 119 cm³/mol. The smallest absolute Gasteiger partial charge is 0.0620 e. The van der Waals surface area contributed by atoms with Gasteiger partial charge in [-0.05, 0) is 24.3 Å². The highest BCUT2D eigenvalue weighted by molar-refractivity contribution is 6.24. The predicted octanol–water partition coefficient (Wildman–Crippen LogP) is 5.01. The van der Waals surface area contributed by atoms with Crippen LogP contribution in [0.3, 0.4) is 0 Å². The molecule has 3 heterocycles. The zero-order chi connectivity index (χ0) is 18.2. The summed E-state index contributed by atoms with van der Waals surface area (Å²) in [6, 6.07) is 20.1. The lowest BCUT2D eigenvalue weighted by Gasteiger charge is -1.98. The van der Waals surface area contributed by atoms with E-state index < -0.39 is 0 Å². The number of benzene rings is 3. The molecule has 0 aliphatic heterocycles. The number of aromatic amines is 1. The minimum Gasteiger partial charge on any atom is -0.354 e. The number of H-pyrrole nitrogens is 1. The van der Waals surface area contributed by atoms with Gasteiger partial charge < -0.3 is 9.38 Å². The van der Waals surface area contributed by atoms with E-state index in [0.717, 1.165) is 5.35 Å². The highest BCUT2D eigenvalue weighted by Crippen LogP contribution is 2.39. The number of para-hydroxylation sites is 2. The van der Waals surface area contributed by atoms with E-state index in [2.05, 4.69) is 100 Å². The first-order chi connectivity index (χ1) is 13.9. The van der Waals surface area contributed by atoms with Crippen LogP contribution in [0, 0.1) is 0 Å². The second-order valence-electron chi connectivity index (χ2n) is 7.52. The van der Waals surface area contributed by atoms with Crippen molar-refractivity contribution in [2.45, 2.75) is 0 Å². The normalized spacial score (nSPS) is 18.7. The Balaban J connectivity index is 1.79. The van der Waals surface area contributed by atoms with Crippen LogP contribution < -0.4 is 10.6 Å². The Kier molecular flexibility index (Phi) is 2.52. The molecule has 1 aliphatic rings. The number of nitrogens with zero attached hydrogens (tertiary/aromatic N) is 1. The molecule has 2 nitrogen and oxygen atoms in total. The van der Waals surface area contributed by atoms with Crippen LogP contribution in [0.25, 0.3) is 61.1 Å². The van der Waals surface area contributed by atoms with Gasteiger partial charge in [-0.1, -0.05) is 66.8 Å². The minimum absolute atomic E-state index is 1.16.